The third kappa shape index (κ3) is 9.74. The SMILES string of the molecule is CCOC(=O)c1c(NC(=O)CSc2cccc(NC(=O)/C(=C\c3ccc([N+](=O)[O-])cc3)NC(=O)c3ccccc3)c2)sc2c1CCC(C(C)(C)C)C2. The van der Waals surface area contributed by atoms with E-state index in [4.69, 9.17) is 4.74 Å². The fourth-order valence-corrected chi connectivity index (χ4v) is 7.89. The maximum absolute atomic E-state index is 13.5. The number of hydrogen-bond acceptors (Lipinski definition) is 9. The van der Waals surface area contributed by atoms with E-state index in [-0.39, 0.29) is 35.1 Å². The number of nitro benzene ring substituents is 1. The Labute approximate surface area is 310 Å². The number of thioether (sulfide) groups is 1. The van der Waals surface area contributed by atoms with Crippen molar-refractivity contribution in [3.63, 3.8) is 0 Å². The number of hydrogen-bond donors (Lipinski definition) is 3. The Balaban J connectivity index is 1.28. The van der Waals surface area contributed by atoms with E-state index in [1.807, 2.05) is 0 Å². The highest BCUT2D eigenvalue weighted by Crippen LogP contribution is 2.44. The van der Waals surface area contributed by atoms with Crippen LogP contribution >= 0.6 is 23.1 Å². The second-order valence-corrected chi connectivity index (χ2v) is 15.4. The molecule has 1 aromatic heterocycles. The zero-order chi connectivity index (χ0) is 37.4. The number of non-ortho nitro benzene ring substituents is 1. The van der Waals surface area contributed by atoms with Crippen LogP contribution in [0.1, 0.15) is 70.8 Å². The minimum Gasteiger partial charge on any atom is -0.462 e. The van der Waals surface area contributed by atoms with Crippen molar-refractivity contribution in [2.45, 2.75) is 51.9 Å². The summed E-state index contributed by atoms with van der Waals surface area (Å²) in [4.78, 5) is 65.2. The van der Waals surface area contributed by atoms with Crippen molar-refractivity contribution < 1.29 is 28.8 Å². The van der Waals surface area contributed by atoms with Gasteiger partial charge >= 0.3 is 5.97 Å². The highest BCUT2D eigenvalue weighted by atomic mass is 32.2. The lowest BCUT2D eigenvalue weighted by atomic mass is 9.72. The van der Waals surface area contributed by atoms with Crippen molar-refractivity contribution in [3.05, 3.63) is 122 Å². The van der Waals surface area contributed by atoms with Gasteiger partial charge in [0.2, 0.25) is 5.91 Å². The molecule has 3 aromatic carbocycles. The zero-order valence-electron chi connectivity index (χ0n) is 29.3. The van der Waals surface area contributed by atoms with E-state index < -0.39 is 22.7 Å². The van der Waals surface area contributed by atoms with Crippen LogP contribution in [0, 0.1) is 21.4 Å². The molecule has 4 aromatic rings. The molecule has 0 fully saturated rings. The molecule has 0 aliphatic heterocycles. The number of esters is 1. The molecule has 52 heavy (non-hydrogen) atoms. The van der Waals surface area contributed by atoms with Gasteiger partial charge in [-0.25, -0.2) is 4.79 Å². The van der Waals surface area contributed by atoms with Gasteiger partial charge in [-0.2, -0.15) is 0 Å². The predicted molar refractivity (Wildman–Crippen MR) is 205 cm³/mol. The summed E-state index contributed by atoms with van der Waals surface area (Å²) in [5.41, 5.74) is 2.59. The first-order valence-corrected chi connectivity index (χ1v) is 18.6. The first kappa shape index (κ1) is 38.0. The number of carbonyl (C=O) groups excluding carboxylic acids is 4. The van der Waals surface area contributed by atoms with Gasteiger partial charge in [0.25, 0.3) is 17.5 Å². The van der Waals surface area contributed by atoms with Gasteiger partial charge in [-0.15, -0.1) is 23.1 Å². The first-order valence-electron chi connectivity index (χ1n) is 16.8. The van der Waals surface area contributed by atoms with Crippen molar-refractivity contribution in [2.75, 3.05) is 23.0 Å². The molecular formula is C39H40N4O7S2. The molecule has 1 aliphatic carbocycles. The Kier molecular flexibility index (Phi) is 12.3. The Morgan fingerprint density at radius 3 is 2.40 bits per heavy atom. The summed E-state index contributed by atoms with van der Waals surface area (Å²) in [5, 5.41) is 20.0. The number of amides is 3. The van der Waals surface area contributed by atoms with Crippen molar-refractivity contribution in [3.8, 4) is 0 Å². The monoisotopic (exact) mass is 740 g/mol. The van der Waals surface area contributed by atoms with E-state index >= 15 is 0 Å². The van der Waals surface area contributed by atoms with Gasteiger partial charge in [-0.3, -0.25) is 24.5 Å². The minimum absolute atomic E-state index is 0.0469. The Morgan fingerprint density at radius 2 is 1.73 bits per heavy atom. The molecule has 5 rings (SSSR count). The number of thiophene rings is 1. The van der Waals surface area contributed by atoms with Gasteiger partial charge in [0.1, 0.15) is 10.7 Å². The maximum Gasteiger partial charge on any atom is 0.341 e. The molecule has 1 atom stereocenters. The summed E-state index contributed by atoms with van der Waals surface area (Å²) >= 11 is 2.71. The summed E-state index contributed by atoms with van der Waals surface area (Å²) in [6.45, 7) is 8.67. The molecule has 13 heteroatoms. The fraction of sp³-hybridized carbons (Fsp3) is 0.282. The molecule has 0 spiro atoms. The molecule has 0 saturated carbocycles. The van der Waals surface area contributed by atoms with E-state index in [0.29, 0.717) is 38.2 Å². The number of anilines is 2. The Morgan fingerprint density at radius 1 is 1.00 bits per heavy atom. The topological polar surface area (TPSA) is 157 Å². The lowest BCUT2D eigenvalue weighted by Gasteiger charge is -2.33. The molecule has 1 heterocycles. The molecule has 1 aliphatic rings. The van der Waals surface area contributed by atoms with Gasteiger partial charge < -0.3 is 20.7 Å². The molecule has 0 radical (unpaired) electrons. The number of ether oxygens (including phenoxy) is 1. The highest BCUT2D eigenvalue weighted by molar-refractivity contribution is 8.00. The third-order valence-electron chi connectivity index (χ3n) is 8.63. The van der Waals surface area contributed by atoms with Crippen LogP contribution in [0.2, 0.25) is 0 Å². The van der Waals surface area contributed by atoms with Crippen molar-refractivity contribution in [1.29, 1.82) is 0 Å². The van der Waals surface area contributed by atoms with Crippen LogP contribution < -0.4 is 16.0 Å². The Hall–Kier alpha value is -5.27. The molecule has 270 valence electrons. The van der Waals surface area contributed by atoms with Crippen molar-refractivity contribution in [2.24, 2.45) is 11.3 Å². The van der Waals surface area contributed by atoms with E-state index in [1.165, 1.54) is 53.4 Å². The van der Waals surface area contributed by atoms with Crippen molar-refractivity contribution in [1.82, 2.24) is 5.32 Å². The standard InChI is InChI=1S/C39H40N4O7S2/c1-5-50-38(47)34-30-19-16-26(39(2,3)4)21-32(30)52-37(34)42-33(44)23-51-29-13-9-12-27(22-29)40-36(46)31(41-35(45)25-10-7-6-8-11-25)20-24-14-17-28(18-15-24)43(48)49/h6-15,17-18,20,22,26H,5,16,19,21,23H2,1-4H3,(H,40,46)(H,41,45)(H,42,44)/b31-20+. The third-order valence-corrected chi connectivity index (χ3v) is 10.8. The highest BCUT2D eigenvalue weighted by Gasteiger charge is 2.34. The number of carbonyl (C=O) groups is 4. The quantitative estimate of drug-likeness (QED) is 0.0432. The van der Waals surface area contributed by atoms with Crippen LogP contribution in [0.5, 0.6) is 0 Å². The number of benzene rings is 3. The predicted octanol–water partition coefficient (Wildman–Crippen LogP) is 8.12. The Bertz CT molecular complexity index is 2000. The number of rotatable bonds is 12. The molecule has 0 saturated heterocycles. The normalized spacial score (nSPS) is 14.2. The lowest BCUT2D eigenvalue weighted by molar-refractivity contribution is -0.384. The van der Waals surface area contributed by atoms with Gasteiger partial charge in [0.05, 0.1) is 22.8 Å². The average molecular weight is 741 g/mol. The number of nitro groups is 1. The summed E-state index contributed by atoms with van der Waals surface area (Å²) in [7, 11) is 0. The van der Waals surface area contributed by atoms with Crippen LogP contribution in [-0.4, -0.2) is 41.0 Å². The second kappa shape index (κ2) is 16.8. The molecule has 1 unspecified atom stereocenters. The largest absolute Gasteiger partial charge is 0.462 e. The van der Waals surface area contributed by atoms with Crippen LogP contribution in [0.3, 0.4) is 0 Å². The lowest BCUT2D eigenvalue weighted by Crippen LogP contribution is -2.30. The summed E-state index contributed by atoms with van der Waals surface area (Å²) in [6, 6.07) is 20.9. The van der Waals surface area contributed by atoms with Crippen LogP contribution in [0.25, 0.3) is 6.08 Å². The second-order valence-electron chi connectivity index (χ2n) is 13.3. The van der Waals surface area contributed by atoms with Gasteiger partial charge in [0, 0.05) is 33.2 Å². The van der Waals surface area contributed by atoms with E-state index in [0.717, 1.165) is 29.7 Å². The molecule has 3 N–H and O–H groups in total. The molecule has 3 amide bonds. The van der Waals surface area contributed by atoms with Gasteiger partial charge in [-0.05, 0) is 97.2 Å². The van der Waals surface area contributed by atoms with E-state index in [1.54, 1.807) is 61.5 Å². The molecule has 11 nitrogen and oxygen atoms in total. The minimum atomic E-state index is -0.621. The zero-order valence-corrected chi connectivity index (χ0v) is 31.0. The fourth-order valence-electron chi connectivity index (χ4n) is 5.81. The number of nitrogens with one attached hydrogen (secondary N) is 3. The number of nitrogens with zero attached hydrogens (tertiary/aromatic N) is 1. The maximum atomic E-state index is 13.5. The first-order chi connectivity index (χ1) is 24.8. The smallest absolute Gasteiger partial charge is 0.341 e. The average Bonchev–Trinajstić information content (AvgIpc) is 3.48. The summed E-state index contributed by atoms with van der Waals surface area (Å²) in [6.07, 6.45) is 3.99. The van der Waals surface area contributed by atoms with Crippen LogP contribution in [0.15, 0.2) is 89.5 Å². The van der Waals surface area contributed by atoms with Crippen LogP contribution in [-0.2, 0) is 27.2 Å². The summed E-state index contributed by atoms with van der Waals surface area (Å²) < 4.78 is 5.37. The van der Waals surface area contributed by atoms with Gasteiger partial charge in [-0.1, -0.05) is 45.0 Å². The van der Waals surface area contributed by atoms with E-state index in [9.17, 15) is 29.3 Å². The number of fused-ring (bicyclic) bond motifs is 1. The molecular weight excluding hydrogens is 701 g/mol. The summed E-state index contributed by atoms with van der Waals surface area (Å²) in [5.74, 6) is -1.33. The van der Waals surface area contributed by atoms with Crippen molar-refractivity contribution >= 4 is 69.2 Å². The molecule has 0 bridgehead atoms. The van der Waals surface area contributed by atoms with E-state index in [2.05, 4.69) is 36.7 Å². The van der Waals surface area contributed by atoms with Gasteiger partial charge in [0.15, 0.2) is 0 Å². The van der Waals surface area contributed by atoms with Crippen LogP contribution in [0.4, 0.5) is 16.4 Å².